The largest absolute Gasteiger partial charge is 0.491 e. The Morgan fingerprint density at radius 3 is 2.40 bits per heavy atom. The van der Waals surface area contributed by atoms with Crippen LogP contribution in [0.4, 0.5) is 16.2 Å². The Labute approximate surface area is 229 Å². The molecule has 186 valence electrons. The van der Waals surface area contributed by atoms with Gasteiger partial charge in [0.05, 0.1) is 17.5 Å². The van der Waals surface area contributed by atoms with E-state index in [-0.39, 0.29) is 18.5 Å². The van der Waals surface area contributed by atoms with Crippen molar-refractivity contribution >= 4 is 78.5 Å². The first-order valence-corrected chi connectivity index (χ1v) is 13.6. The molecule has 0 spiro atoms. The third kappa shape index (κ3) is 6.98. The molecule has 2 aromatic carbocycles. The van der Waals surface area contributed by atoms with Crippen molar-refractivity contribution in [2.24, 2.45) is 5.73 Å². The number of halogens is 2. The second-order valence-corrected chi connectivity index (χ2v) is 11.3. The summed E-state index contributed by atoms with van der Waals surface area (Å²) >= 11 is 7.03. The molecule has 2 aromatic heterocycles. The average Bonchev–Trinajstić information content (AvgIpc) is 3.38. The van der Waals surface area contributed by atoms with Gasteiger partial charge in [0.1, 0.15) is 5.75 Å². The van der Waals surface area contributed by atoms with Crippen LogP contribution in [0, 0.1) is 0 Å². The lowest BCUT2D eigenvalue weighted by molar-refractivity contribution is 0.242. The van der Waals surface area contributed by atoms with Crippen LogP contribution in [-0.2, 0) is 13.0 Å². The number of hydrogen-bond donors (Lipinski definition) is 1. The number of urea groups is 1. The van der Waals surface area contributed by atoms with Gasteiger partial charge in [-0.25, -0.2) is 4.79 Å². The fourth-order valence-corrected chi connectivity index (χ4v) is 6.35. The maximum absolute atomic E-state index is 12.4. The highest BCUT2D eigenvalue weighted by molar-refractivity contribution is 9.10. The van der Waals surface area contributed by atoms with Crippen molar-refractivity contribution in [2.45, 2.75) is 32.9 Å². The van der Waals surface area contributed by atoms with Crippen molar-refractivity contribution in [3.05, 3.63) is 74.2 Å². The molecule has 35 heavy (non-hydrogen) atoms. The van der Waals surface area contributed by atoms with Crippen molar-refractivity contribution in [1.29, 1.82) is 0 Å². The summed E-state index contributed by atoms with van der Waals surface area (Å²) < 4.78 is 8.06. The molecular formula is C26H29BrClN3O2S2. The van der Waals surface area contributed by atoms with Crippen molar-refractivity contribution in [1.82, 2.24) is 4.90 Å². The maximum Gasteiger partial charge on any atom is 0.323 e. The van der Waals surface area contributed by atoms with Crippen LogP contribution in [0.1, 0.15) is 24.3 Å². The van der Waals surface area contributed by atoms with Gasteiger partial charge in [0, 0.05) is 32.5 Å². The summed E-state index contributed by atoms with van der Waals surface area (Å²) in [5, 5.41) is 5.50. The number of hydrogen-bond acceptors (Lipinski definition) is 5. The highest BCUT2D eigenvalue weighted by atomic mass is 79.9. The molecule has 0 aliphatic heterocycles. The SMILES string of the molecule is CC(C)Oc1ccc(N(C(N)=O)c2ccc3scc(CCN(C)Cc4cc(Br)cs4)c3c2)cc1.Cl. The van der Waals surface area contributed by atoms with E-state index >= 15 is 0 Å². The summed E-state index contributed by atoms with van der Waals surface area (Å²) in [5.74, 6) is 0.762. The standard InChI is InChI=1S/C26H28BrN3O2S2.ClH/c1-17(2)32-22-7-4-20(5-8-22)30(26(28)31)21-6-9-25-24(13-21)18(15-34-25)10-11-29(3)14-23-12-19(27)16-33-23;/h4-9,12-13,15-17H,10-11,14H2,1-3H3,(H2,28,31);1H. The van der Waals surface area contributed by atoms with E-state index in [2.05, 4.69) is 56.8 Å². The van der Waals surface area contributed by atoms with Gasteiger partial charge in [-0.1, -0.05) is 0 Å². The van der Waals surface area contributed by atoms with E-state index in [0.29, 0.717) is 5.69 Å². The molecular weight excluding hydrogens is 566 g/mol. The van der Waals surface area contributed by atoms with Crippen molar-refractivity contribution in [3.63, 3.8) is 0 Å². The number of nitrogens with two attached hydrogens (primary N) is 1. The van der Waals surface area contributed by atoms with E-state index in [4.69, 9.17) is 10.5 Å². The summed E-state index contributed by atoms with van der Waals surface area (Å²) in [6.45, 7) is 5.84. The van der Waals surface area contributed by atoms with Crippen molar-refractivity contribution < 1.29 is 9.53 Å². The minimum Gasteiger partial charge on any atom is -0.491 e. The molecule has 0 unspecified atom stereocenters. The fraction of sp³-hybridized carbons (Fsp3) is 0.269. The van der Waals surface area contributed by atoms with E-state index in [1.54, 1.807) is 27.6 Å². The number of primary amides is 1. The highest BCUT2D eigenvalue weighted by Crippen LogP contribution is 2.34. The maximum atomic E-state index is 12.4. The molecule has 0 saturated carbocycles. The zero-order valence-electron chi connectivity index (χ0n) is 19.9. The van der Waals surface area contributed by atoms with Gasteiger partial charge in [-0.2, -0.15) is 0 Å². The molecule has 2 amide bonds. The lowest BCUT2D eigenvalue weighted by Crippen LogP contribution is -2.31. The van der Waals surface area contributed by atoms with E-state index in [9.17, 15) is 4.79 Å². The van der Waals surface area contributed by atoms with Crippen LogP contribution in [-0.4, -0.2) is 30.6 Å². The Hall–Kier alpha value is -2.10. The second-order valence-electron chi connectivity index (χ2n) is 8.49. The Kier molecular flexibility index (Phi) is 9.61. The van der Waals surface area contributed by atoms with Crippen molar-refractivity contribution in [2.75, 3.05) is 18.5 Å². The van der Waals surface area contributed by atoms with Gasteiger partial charge >= 0.3 is 6.03 Å². The molecule has 5 nitrogen and oxygen atoms in total. The number of nitrogens with zero attached hydrogens (tertiary/aromatic N) is 2. The minimum absolute atomic E-state index is 0. The van der Waals surface area contributed by atoms with Gasteiger partial charge in [0.2, 0.25) is 0 Å². The number of amides is 2. The molecule has 0 aliphatic carbocycles. The molecule has 0 radical (unpaired) electrons. The van der Waals surface area contributed by atoms with Crippen LogP contribution in [0.3, 0.4) is 0 Å². The van der Waals surface area contributed by atoms with E-state index in [1.807, 2.05) is 44.2 Å². The predicted octanol–water partition coefficient (Wildman–Crippen LogP) is 7.83. The van der Waals surface area contributed by atoms with Crippen LogP contribution < -0.4 is 15.4 Å². The molecule has 0 atom stereocenters. The van der Waals surface area contributed by atoms with Gasteiger partial charge in [0.15, 0.2) is 0 Å². The fourth-order valence-electron chi connectivity index (χ4n) is 3.85. The molecule has 0 bridgehead atoms. The van der Waals surface area contributed by atoms with Gasteiger partial charge in [-0.15, -0.1) is 35.1 Å². The number of carbonyl (C=O) groups is 1. The number of carbonyl (C=O) groups excluding carboxylic acids is 1. The molecule has 2 N–H and O–H groups in total. The van der Waals surface area contributed by atoms with Crippen LogP contribution in [0.25, 0.3) is 10.1 Å². The van der Waals surface area contributed by atoms with Gasteiger partial charge in [0.25, 0.3) is 0 Å². The molecule has 4 rings (SSSR count). The molecule has 0 saturated heterocycles. The second kappa shape index (κ2) is 12.2. The van der Waals surface area contributed by atoms with Crippen molar-refractivity contribution in [3.8, 4) is 5.75 Å². The summed E-state index contributed by atoms with van der Waals surface area (Å²) in [5.41, 5.74) is 8.55. The third-order valence-corrected chi connectivity index (χ3v) is 8.09. The molecule has 0 fully saturated rings. The molecule has 4 aromatic rings. The lowest BCUT2D eigenvalue weighted by atomic mass is 10.1. The number of ether oxygens (including phenoxy) is 1. The highest BCUT2D eigenvalue weighted by Gasteiger charge is 2.17. The summed E-state index contributed by atoms with van der Waals surface area (Å²) in [6.07, 6.45) is 1.02. The van der Waals surface area contributed by atoms with E-state index in [0.717, 1.165) is 35.4 Å². The summed E-state index contributed by atoms with van der Waals surface area (Å²) in [7, 11) is 2.15. The Morgan fingerprint density at radius 1 is 1.06 bits per heavy atom. The summed E-state index contributed by atoms with van der Waals surface area (Å²) in [6, 6.07) is 15.2. The number of likely N-dealkylation sites (N-methyl/N-ethyl adjacent to an activating group) is 1. The first kappa shape index (κ1) is 27.5. The van der Waals surface area contributed by atoms with Gasteiger partial charge in [-0.3, -0.25) is 4.90 Å². The van der Waals surface area contributed by atoms with Crippen LogP contribution in [0.5, 0.6) is 5.75 Å². The topological polar surface area (TPSA) is 58.8 Å². The third-order valence-electron chi connectivity index (χ3n) is 5.39. The number of fused-ring (bicyclic) bond motifs is 1. The Balaban J connectivity index is 0.00000342. The lowest BCUT2D eigenvalue weighted by Gasteiger charge is -2.21. The first-order chi connectivity index (χ1) is 16.3. The smallest absolute Gasteiger partial charge is 0.323 e. The normalized spacial score (nSPS) is 11.1. The Bertz CT molecular complexity index is 1270. The monoisotopic (exact) mass is 593 g/mol. The zero-order valence-corrected chi connectivity index (χ0v) is 23.9. The number of anilines is 2. The predicted molar refractivity (Wildman–Crippen MR) is 155 cm³/mol. The first-order valence-electron chi connectivity index (χ1n) is 11.1. The van der Waals surface area contributed by atoms with E-state index in [1.165, 1.54) is 20.5 Å². The quantitative estimate of drug-likeness (QED) is 0.215. The van der Waals surface area contributed by atoms with Crippen LogP contribution in [0.15, 0.2) is 63.8 Å². The van der Waals surface area contributed by atoms with Gasteiger partial charge < -0.3 is 15.4 Å². The number of rotatable bonds is 9. The van der Waals surface area contributed by atoms with Crippen LogP contribution >= 0.6 is 51.0 Å². The average molecular weight is 595 g/mol. The van der Waals surface area contributed by atoms with Gasteiger partial charge in [-0.05, 0) is 108 Å². The summed E-state index contributed by atoms with van der Waals surface area (Å²) in [4.78, 5) is 17.6. The molecule has 2 heterocycles. The van der Waals surface area contributed by atoms with Crippen LogP contribution in [0.2, 0.25) is 0 Å². The number of thiophene rings is 2. The Morgan fingerprint density at radius 2 is 1.77 bits per heavy atom. The minimum atomic E-state index is -0.518. The molecule has 9 heteroatoms. The molecule has 0 aliphatic rings. The number of benzene rings is 2. The zero-order chi connectivity index (χ0) is 24.2. The van der Waals surface area contributed by atoms with E-state index < -0.39 is 6.03 Å².